The zero-order chi connectivity index (χ0) is 9.68. The third kappa shape index (κ3) is 3.90. The Morgan fingerprint density at radius 3 is 2.77 bits per heavy atom. The van der Waals surface area contributed by atoms with Gasteiger partial charge in [-0.25, -0.2) is 0 Å². The summed E-state index contributed by atoms with van der Waals surface area (Å²) in [6.07, 6.45) is 7.73. The summed E-state index contributed by atoms with van der Waals surface area (Å²) < 4.78 is 0. The molecule has 1 nitrogen and oxygen atoms in total. The van der Waals surface area contributed by atoms with Crippen LogP contribution in [0, 0.1) is 5.92 Å². The molecule has 1 fully saturated rings. The summed E-state index contributed by atoms with van der Waals surface area (Å²) in [5.41, 5.74) is 0. The fourth-order valence-corrected chi connectivity index (χ4v) is 2.65. The topological polar surface area (TPSA) is 12.0 Å². The van der Waals surface area contributed by atoms with Gasteiger partial charge in [0.1, 0.15) is 0 Å². The van der Waals surface area contributed by atoms with Gasteiger partial charge in [0, 0.05) is 11.3 Å². The predicted molar refractivity (Wildman–Crippen MR) is 62.4 cm³/mol. The second-order valence-corrected chi connectivity index (χ2v) is 5.43. The van der Waals surface area contributed by atoms with Crippen LogP contribution in [0.2, 0.25) is 0 Å². The summed E-state index contributed by atoms with van der Waals surface area (Å²) in [6, 6.07) is 0.812. The molecule has 1 rings (SSSR count). The van der Waals surface area contributed by atoms with Gasteiger partial charge in [0.15, 0.2) is 0 Å². The third-order valence-electron chi connectivity index (χ3n) is 3.17. The first-order valence-electron chi connectivity index (χ1n) is 5.52. The summed E-state index contributed by atoms with van der Waals surface area (Å²) in [6.45, 7) is 5.81. The molecule has 78 valence electrons. The number of nitrogens with one attached hydrogen (secondary N) is 1. The second-order valence-electron chi connectivity index (χ2n) is 4.29. The molecule has 3 unspecified atom stereocenters. The van der Waals surface area contributed by atoms with Gasteiger partial charge in [0.2, 0.25) is 0 Å². The van der Waals surface area contributed by atoms with E-state index >= 15 is 0 Å². The van der Waals surface area contributed by atoms with Crippen molar-refractivity contribution in [3.63, 3.8) is 0 Å². The molecular formula is C11H23NS. The molecule has 1 aliphatic carbocycles. The van der Waals surface area contributed by atoms with Crippen LogP contribution in [0.3, 0.4) is 0 Å². The smallest absolute Gasteiger partial charge is 0.00781 e. The molecule has 0 amide bonds. The van der Waals surface area contributed by atoms with E-state index in [1.165, 1.54) is 32.2 Å². The van der Waals surface area contributed by atoms with Crippen LogP contribution in [0.1, 0.15) is 39.5 Å². The van der Waals surface area contributed by atoms with Crippen molar-refractivity contribution >= 4 is 11.8 Å². The van der Waals surface area contributed by atoms with E-state index < -0.39 is 0 Å². The van der Waals surface area contributed by atoms with Crippen LogP contribution in [0.5, 0.6) is 0 Å². The molecular weight excluding hydrogens is 178 g/mol. The molecule has 1 N–H and O–H groups in total. The van der Waals surface area contributed by atoms with E-state index in [2.05, 4.69) is 25.4 Å². The van der Waals surface area contributed by atoms with Crippen molar-refractivity contribution in [3.05, 3.63) is 0 Å². The van der Waals surface area contributed by atoms with Gasteiger partial charge in [-0.05, 0) is 38.0 Å². The highest BCUT2D eigenvalue weighted by Gasteiger charge is 2.23. The first-order valence-corrected chi connectivity index (χ1v) is 6.81. The second kappa shape index (κ2) is 5.92. The lowest BCUT2D eigenvalue weighted by atomic mass is 10.1. The fourth-order valence-electron chi connectivity index (χ4n) is 1.85. The molecule has 0 bridgehead atoms. The summed E-state index contributed by atoms with van der Waals surface area (Å²) in [7, 11) is 0. The standard InChI is InChI=1S/C11H23NS/c1-4-9(2)8-12-10-5-6-11(7-10)13-3/h9-12H,4-8H2,1-3H3. The first kappa shape index (κ1) is 11.4. The minimum atomic E-state index is 0.812. The van der Waals surface area contributed by atoms with Crippen LogP contribution in [-0.4, -0.2) is 24.1 Å². The van der Waals surface area contributed by atoms with Crippen molar-refractivity contribution in [2.24, 2.45) is 5.92 Å². The SMILES string of the molecule is CCC(C)CNC1CCC(SC)C1. The largest absolute Gasteiger partial charge is 0.314 e. The Kier molecular flexibility index (Phi) is 5.18. The molecule has 0 aromatic carbocycles. The van der Waals surface area contributed by atoms with E-state index in [0.29, 0.717) is 0 Å². The average molecular weight is 201 g/mol. The highest BCUT2D eigenvalue weighted by atomic mass is 32.2. The Balaban J connectivity index is 2.10. The normalized spacial score (nSPS) is 30.7. The molecule has 1 aliphatic rings. The molecule has 0 aromatic rings. The van der Waals surface area contributed by atoms with Crippen LogP contribution >= 0.6 is 11.8 Å². The zero-order valence-electron chi connectivity index (χ0n) is 9.18. The quantitative estimate of drug-likeness (QED) is 0.734. The van der Waals surface area contributed by atoms with Gasteiger partial charge in [-0.15, -0.1) is 0 Å². The summed E-state index contributed by atoms with van der Waals surface area (Å²) >= 11 is 2.04. The third-order valence-corrected chi connectivity index (χ3v) is 4.26. The molecule has 0 saturated heterocycles. The lowest BCUT2D eigenvalue weighted by Gasteiger charge is -2.15. The van der Waals surface area contributed by atoms with Crippen molar-refractivity contribution < 1.29 is 0 Å². The Labute approximate surface area is 87.1 Å². The molecule has 0 aliphatic heterocycles. The number of rotatable bonds is 5. The fraction of sp³-hybridized carbons (Fsp3) is 1.00. The van der Waals surface area contributed by atoms with E-state index in [0.717, 1.165) is 17.2 Å². The van der Waals surface area contributed by atoms with Crippen LogP contribution < -0.4 is 5.32 Å². The van der Waals surface area contributed by atoms with Crippen LogP contribution in [0.4, 0.5) is 0 Å². The maximum Gasteiger partial charge on any atom is 0.00781 e. The number of thioether (sulfide) groups is 1. The van der Waals surface area contributed by atoms with E-state index in [4.69, 9.17) is 0 Å². The van der Waals surface area contributed by atoms with Crippen LogP contribution in [0.25, 0.3) is 0 Å². The van der Waals surface area contributed by atoms with Crippen molar-refractivity contribution in [3.8, 4) is 0 Å². The van der Waals surface area contributed by atoms with Crippen LogP contribution in [-0.2, 0) is 0 Å². The Morgan fingerprint density at radius 2 is 2.23 bits per heavy atom. The van der Waals surface area contributed by atoms with Gasteiger partial charge in [-0.2, -0.15) is 11.8 Å². The number of hydrogen-bond acceptors (Lipinski definition) is 2. The van der Waals surface area contributed by atoms with Gasteiger partial charge in [0.25, 0.3) is 0 Å². The molecule has 0 aromatic heterocycles. The Bertz CT molecular complexity index is 138. The monoisotopic (exact) mass is 201 g/mol. The zero-order valence-corrected chi connectivity index (χ0v) is 9.99. The first-order chi connectivity index (χ1) is 6.26. The highest BCUT2D eigenvalue weighted by molar-refractivity contribution is 7.99. The highest BCUT2D eigenvalue weighted by Crippen LogP contribution is 2.28. The summed E-state index contributed by atoms with van der Waals surface area (Å²) in [5.74, 6) is 0.841. The average Bonchev–Trinajstić information content (AvgIpc) is 2.61. The van der Waals surface area contributed by atoms with Crippen molar-refractivity contribution in [2.75, 3.05) is 12.8 Å². The Morgan fingerprint density at radius 1 is 1.46 bits per heavy atom. The molecule has 2 heteroatoms. The summed E-state index contributed by atoms with van der Waals surface area (Å²) in [5, 5.41) is 4.61. The van der Waals surface area contributed by atoms with Gasteiger partial charge >= 0.3 is 0 Å². The van der Waals surface area contributed by atoms with Crippen molar-refractivity contribution in [1.82, 2.24) is 5.32 Å². The van der Waals surface area contributed by atoms with Crippen molar-refractivity contribution in [1.29, 1.82) is 0 Å². The van der Waals surface area contributed by atoms with Gasteiger partial charge < -0.3 is 5.32 Å². The molecule has 0 heterocycles. The van der Waals surface area contributed by atoms with E-state index in [-0.39, 0.29) is 0 Å². The molecule has 13 heavy (non-hydrogen) atoms. The van der Waals surface area contributed by atoms with Gasteiger partial charge in [0.05, 0.1) is 0 Å². The molecule has 0 spiro atoms. The van der Waals surface area contributed by atoms with Crippen LogP contribution in [0.15, 0.2) is 0 Å². The Hall–Kier alpha value is 0.310. The maximum absolute atomic E-state index is 3.68. The molecule has 3 atom stereocenters. The molecule has 0 radical (unpaired) electrons. The maximum atomic E-state index is 3.68. The van der Waals surface area contributed by atoms with Gasteiger partial charge in [-0.1, -0.05) is 20.3 Å². The lowest BCUT2D eigenvalue weighted by molar-refractivity contribution is 0.442. The minimum Gasteiger partial charge on any atom is -0.314 e. The number of hydrogen-bond donors (Lipinski definition) is 1. The van der Waals surface area contributed by atoms with Gasteiger partial charge in [-0.3, -0.25) is 0 Å². The minimum absolute atomic E-state index is 0.812. The van der Waals surface area contributed by atoms with E-state index in [1.807, 2.05) is 11.8 Å². The summed E-state index contributed by atoms with van der Waals surface area (Å²) in [4.78, 5) is 0. The van der Waals surface area contributed by atoms with E-state index in [9.17, 15) is 0 Å². The van der Waals surface area contributed by atoms with Crippen molar-refractivity contribution in [2.45, 2.75) is 50.8 Å². The van der Waals surface area contributed by atoms with E-state index in [1.54, 1.807) is 0 Å². The molecule has 1 saturated carbocycles. The lowest BCUT2D eigenvalue weighted by Crippen LogP contribution is -2.30. The predicted octanol–water partition coefficient (Wildman–Crippen LogP) is 2.91.